The molecule has 0 aliphatic heterocycles. The molecule has 0 aliphatic rings. The highest BCUT2D eigenvalue weighted by Gasteiger charge is 2.14. The maximum absolute atomic E-state index is 12.2. The van der Waals surface area contributed by atoms with E-state index in [1.165, 1.54) is 0 Å². The number of carbonyl (C=O) groups is 2. The van der Waals surface area contributed by atoms with E-state index in [4.69, 9.17) is 4.74 Å². The van der Waals surface area contributed by atoms with E-state index >= 15 is 0 Å². The number of carbonyl (C=O) groups excluding carboxylic acids is 2. The molecule has 0 fully saturated rings. The molecule has 2 aromatic rings. The number of ether oxygens (including phenoxy) is 1. The Morgan fingerprint density at radius 3 is 2.42 bits per heavy atom. The Morgan fingerprint density at radius 1 is 1.04 bits per heavy atom. The molecular weight excluding hydrogens is 304 g/mol. The summed E-state index contributed by atoms with van der Waals surface area (Å²) in [6, 6.07) is 14.4. The third-order valence-corrected chi connectivity index (χ3v) is 3.32. The van der Waals surface area contributed by atoms with Gasteiger partial charge in [-0.2, -0.15) is 0 Å². The summed E-state index contributed by atoms with van der Waals surface area (Å²) in [5.74, 6) is 0.127. The van der Waals surface area contributed by atoms with Crippen molar-refractivity contribution in [3.63, 3.8) is 0 Å². The number of anilines is 1. The van der Waals surface area contributed by atoms with Crippen LogP contribution >= 0.6 is 0 Å². The first kappa shape index (κ1) is 17.5. The Morgan fingerprint density at radius 2 is 1.71 bits per heavy atom. The zero-order valence-corrected chi connectivity index (χ0v) is 14.1. The van der Waals surface area contributed by atoms with Gasteiger partial charge in [-0.1, -0.05) is 30.3 Å². The fourth-order valence-corrected chi connectivity index (χ4v) is 2.18. The lowest BCUT2D eigenvalue weighted by Crippen LogP contribution is -2.31. The Hall–Kier alpha value is -2.82. The highest BCUT2D eigenvalue weighted by Crippen LogP contribution is 2.17. The zero-order chi connectivity index (χ0) is 17.5. The highest BCUT2D eigenvalue weighted by molar-refractivity contribution is 6.04. The van der Waals surface area contributed by atoms with E-state index in [2.05, 4.69) is 10.6 Å². The van der Waals surface area contributed by atoms with Crippen LogP contribution in [-0.2, 0) is 4.79 Å². The van der Waals surface area contributed by atoms with Crippen molar-refractivity contribution in [3.8, 4) is 5.75 Å². The van der Waals surface area contributed by atoms with E-state index in [0.717, 1.165) is 5.56 Å². The molecule has 0 heterocycles. The van der Waals surface area contributed by atoms with Crippen LogP contribution in [-0.4, -0.2) is 24.5 Å². The summed E-state index contributed by atoms with van der Waals surface area (Å²) >= 11 is 0. The third kappa shape index (κ3) is 4.84. The number of benzene rings is 2. The molecule has 126 valence electrons. The van der Waals surface area contributed by atoms with Crippen LogP contribution in [0.1, 0.15) is 29.8 Å². The van der Waals surface area contributed by atoms with Gasteiger partial charge in [-0.25, -0.2) is 0 Å². The van der Waals surface area contributed by atoms with Gasteiger partial charge in [0.1, 0.15) is 5.75 Å². The van der Waals surface area contributed by atoms with Crippen molar-refractivity contribution in [2.24, 2.45) is 0 Å². The summed E-state index contributed by atoms with van der Waals surface area (Å²) < 4.78 is 5.52. The summed E-state index contributed by atoms with van der Waals surface area (Å²) in [7, 11) is 0. The van der Waals surface area contributed by atoms with Gasteiger partial charge in [-0.05, 0) is 44.5 Å². The highest BCUT2D eigenvalue weighted by atomic mass is 16.5. The second-order valence-corrected chi connectivity index (χ2v) is 5.78. The predicted octanol–water partition coefficient (Wildman–Crippen LogP) is 3.15. The van der Waals surface area contributed by atoms with Crippen molar-refractivity contribution < 1.29 is 14.3 Å². The Labute approximate surface area is 142 Å². The third-order valence-electron chi connectivity index (χ3n) is 3.32. The molecule has 0 saturated carbocycles. The van der Waals surface area contributed by atoms with Crippen molar-refractivity contribution in [2.45, 2.75) is 26.8 Å². The monoisotopic (exact) mass is 326 g/mol. The molecule has 0 spiro atoms. The summed E-state index contributed by atoms with van der Waals surface area (Å²) in [6.07, 6.45) is 0. The minimum absolute atomic E-state index is 0.0191. The molecule has 0 atom stereocenters. The summed E-state index contributed by atoms with van der Waals surface area (Å²) in [4.78, 5) is 24.3. The number of hydrogen-bond donors (Lipinski definition) is 2. The molecule has 0 aliphatic carbocycles. The van der Waals surface area contributed by atoms with Crippen LogP contribution in [0.15, 0.2) is 48.5 Å². The minimum atomic E-state index is -0.317. The quantitative estimate of drug-likeness (QED) is 0.857. The summed E-state index contributed by atoms with van der Waals surface area (Å²) in [5.41, 5.74) is 1.85. The number of hydrogen-bond acceptors (Lipinski definition) is 3. The van der Waals surface area contributed by atoms with Crippen LogP contribution in [0, 0.1) is 6.92 Å². The molecular formula is C19H22N2O3. The number of para-hydroxylation sites is 2. The molecule has 0 unspecified atom stereocenters. The standard InChI is InChI=1S/C19H22N2O3/c1-13(2)20-19(23)15-9-5-6-10-16(15)21-18(22)12-24-17-11-7-4-8-14(17)3/h4-11,13H,12H2,1-3H3,(H,20,23)(H,21,22). The summed E-state index contributed by atoms with van der Waals surface area (Å²) in [5, 5.41) is 5.55. The molecule has 0 aromatic heterocycles. The van der Waals surface area contributed by atoms with Gasteiger partial charge >= 0.3 is 0 Å². The molecule has 2 N–H and O–H groups in total. The average molecular weight is 326 g/mol. The molecule has 5 heteroatoms. The minimum Gasteiger partial charge on any atom is -0.483 e. The molecule has 0 radical (unpaired) electrons. The molecule has 2 rings (SSSR count). The van der Waals surface area contributed by atoms with Crippen LogP contribution in [0.25, 0.3) is 0 Å². The van der Waals surface area contributed by atoms with Crippen molar-refractivity contribution in [1.29, 1.82) is 0 Å². The summed E-state index contributed by atoms with van der Waals surface area (Å²) in [6.45, 7) is 5.56. The smallest absolute Gasteiger partial charge is 0.262 e. The lowest BCUT2D eigenvalue weighted by molar-refractivity contribution is -0.118. The second-order valence-electron chi connectivity index (χ2n) is 5.78. The maximum Gasteiger partial charge on any atom is 0.262 e. The van der Waals surface area contributed by atoms with Gasteiger partial charge in [0.15, 0.2) is 6.61 Å². The first-order valence-electron chi connectivity index (χ1n) is 7.85. The van der Waals surface area contributed by atoms with Crippen molar-refractivity contribution >= 4 is 17.5 Å². The lowest BCUT2D eigenvalue weighted by atomic mass is 10.1. The Kier molecular flexibility index (Phi) is 5.95. The van der Waals surface area contributed by atoms with E-state index in [0.29, 0.717) is 17.0 Å². The largest absolute Gasteiger partial charge is 0.483 e. The SMILES string of the molecule is Cc1ccccc1OCC(=O)Nc1ccccc1C(=O)NC(C)C. The molecule has 0 saturated heterocycles. The molecule has 2 aromatic carbocycles. The zero-order valence-electron chi connectivity index (χ0n) is 14.1. The molecule has 24 heavy (non-hydrogen) atoms. The van der Waals surface area contributed by atoms with Crippen LogP contribution < -0.4 is 15.4 Å². The van der Waals surface area contributed by atoms with E-state index in [1.54, 1.807) is 24.3 Å². The topological polar surface area (TPSA) is 67.4 Å². The van der Waals surface area contributed by atoms with Gasteiger partial charge in [-0.3, -0.25) is 9.59 Å². The number of nitrogens with one attached hydrogen (secondary N) is 2. The Balaban J connectivity index is 2.01. The molecule has 5 nitrogen and oxygen atoms in total. The van der Waals surface area contributed by atoms with Gasteiger partial charge in [-0.15, -0.1) is 0 Å². The van der Waals surface area contributed by atoms with Gasteiger partial charge < -0.3 is 15.4 Å². The van der Waals surface area contributed by atoms with E-state index in [-0.39, 0.29) is 24.5 Å². The van der Waals surface area contributed by atoms with Crippen molar-refractivity contribution in [1.82, 2.24) is 5.32 Å². The lowest BCUT2D eigenvalue weighted by Gasteiger charge is -2.13. The number of rotatable bonds is 6. The fourth-order valence-electron chi connectivity index (χ4n) is 2.18. The van der Waals surface area contributed by atoms with E-state index < -0.39 is 0 Å². The fraction of sp³-hybridized carbons (Fsp3) is 0.263. The first-order chi connectivity index (χ1) is 11.5. The first-order valence-corrected chi connectivity index (χ1v) is 7.85. The Bertz CT molecular complexity index is 726. The van der Waals surface area contributed by atoms with Crippen LogP contribution in [0.4, 0.5) is 5.69 Å². The molecule has 0 bridgehead atoms. The van der Waals surface area contributed by atoms with Crippen molar-refractivity contribution in [2.75, 3.05) is 11.9 Å². The van der Waals surface area contributed by atoms with Gasteiger partial charge in [0.05, 0.1) is 11.3 Å². The van der Waals surface area contributed by atoms with E-state index in [9.17, 15) is 9.59 Å². The van der Waals surface area contributed by atoms with Gasteiger partial charge in [0, 0.05) is 6.04 Å². The van der Waals surface area contributed by atoms with Gasteiger partial charge in [0.25, 0.3) is 11.8 Å². The van der Waals surface area contributed by atoms with Crippen LogP contribution in [0.2, 0.25) is 0 Å². The average Bonchev–Trinajstić information content (AvgIpc) is 2.54. The van der Waals surface area contributed by atoms with E-state index in [1.807, 2.05) is 45.0 Å². The number of aryl methyl sites for hydroxylation is 1. The van der Waals surface area contributed by atoms with Crippen molar-refractivity contribution in [3.05, 3.63) is 59.7 Å². The van der Waals surface area contributed by atoms with Gasteiger partial charge in [0.2, 0.25) is 0 Å². The maximum atomic E-state index is 12.2. The number of amides is 2. The molecule has 2 amide bonds. The van der Waals surface area contributed by atoms with Crippen LogP contribution in [0.5, 0.6) is 5.75 Å². The van der Waals surface area contributed by atoms with Crippen LogP contribution in [0.3, 0.4) is 0 Å². The normalized spacial score (nSPS) is 10.3. The predicted molar refractivity (Wildman–Crippen MR) is 94.3 cm³/mol. The second kappa shape index (κ2) is 8.15.